The van der Waals surface area contributed by atoms with Crippen molar-refractivity contribution in [3.8, 4) is 0 Å². The lowest BCUT2D eigenvalue weighted by Crippen LogP contribution is -2.46. The summed E-state index contributed by atoms with van der Waals surface area (Å²) in [5.74, 6) is -0.792. The highest BCUT2D eigenvalue weighted by Gasteiger charge is 2.40. The number of carboxylic acid groups (broad SMARTS) is 1. The molecule has 0 bridgehead atoms. The average Bonchev–Trinajstić information content (AvgIpc) is 2.71. The zero-order chi connectivity index (χ0) is 27.4. The minimum atomic E-state index is -2.02. The van der Waals surface area contributed by atoms with Gasteiger partial charge in [-0.15, -0.1) is 0 Å². The third-order valence-electron chi connectivity index (χ3n) is 7.11. The number of nitrogens with zero attached hydrogens (tertiary/aromatic N) is 1. The second-order valence-electron chi connectivity index (χ2n) is 12.8. The van der Waals surface area contributed by atoms with Crippen LogP contribution in [-0.2, 0) is 9.22 Å². The third-order valence-corrected chi connectivity index (χ3v) is 11.6. The molecule has 0 aliphatic carbocycles. The van der Waals surface area contributed by atoms with Crippen LogP contribution in [0.4, 0.5) is 0 Å². The van der Waals surface area contributed by atoms with Crippen molar-refractivity contribution in [3.63, 3.8) is 0 Å². The van der Waals surface area contributed by atoms with Crippen molar-refractivity contribution in [1.82, 2.24) is 0 Å². The number of aliphatic carboxylic acids is 1. The van der Waals surface area contributed by atoms with Crippen molar-refractivity contribution in [1.29, 1.82) is 0 Å². The molecule has 0 aliphatic rings. The van der Waals surface area contributed by atoms with E-state index in [1.807, 2.05) is 0 Å². The Morgan fingerprint density at radius 2 is 1.17 bits per heavy atom. The number of rotatable bonds is 20. The van der Waals surface area contributed by atoms with Crippen LogP contribution in [0.1, 0.15) is 124 Å². The molecule has 0 aromatic heterocycles. The van der Waals surface area contributed by atoms with Crippen molar-refractivity contribution in [3.05, 3.63) is 0 Å². The van der Waals surface area contributed by atoms with E-state index in [1.54, 1.807) is 0 Å². The lowest BCUT2D eigenvalue weighted by Gasteiger charge is -2.38. The molecule has 0 amide bonds. The number of carboxylic acids is 1. The van der Waals surface area contributed by atoms with E-state index in [0.717, 1.165) is 23.9 Å². The summed E-state index contributed by atoms with van der Waals surface area (Å²) >= 11 is 0. The van der Waals surface area contributed by atoms with Crippen LogP contribution in [0.5, 0.6) is 0 Å². The Morgan fingerprint density at radius 3 is 1.43 bits per heavy atom. The molecule has 1 unspecified atom stereocenters. The van der Waals surface area contributed by atoms with Crippen molar-refractivity contribution < 1.29 is 23.9 Å². The number of aliphatic hydroxyl groups is 1. The maximum absolute atomic E-state index is 11.6. The smallest absolute Gasteiger partial charge is 0.331 e. The van der Waals surface area contributed by atoms with E-state index < -0.39 is 20.4 Å². The number of unbranched alkanes of at least 4 members (excludes halogenated alkanes) is 13. The highest BCUT2D eigenvalue weighted by atomic mass is 28.4. The topological polar surface area (TPSA) is 66.8 Å². The van der Waals surface area contributed by atoms with Gasteiger partial charge < -0.3 is 19.1 Å². The zero-order valence-corrected chi connectivity index (χ0v) is 26.3. The van der Waals surface area contributed by atoms with E-state index in [-0.39, 0.29) is 11.6 Å². The third kappa shape index (κ3) is 23.7. The molecular formula is C29H64NO4Si+. The minimum Gasteiger partial charge on any atom is -0.479 e. The molecule has 0 radical (unpaired) electrons. The van der Waals surface area contributed by atoms with E-state index in [0.29, 0.717) is 6.42 Å². The first-order chi connectivity index (χ1) is 16.2. The molecule has 0 saturated carbocycles. The predicted molar refractivity (Wildman–Crippen MR) is 155 cm³/mol. The highest BCUT2D eigenvalue weighted by molar-refractivity contribution is 6.74. The molecule has 0 rings (SSSR count). The van der Waals surface area contributed by atoms with Crippen molar-refractivity contribution in [2.24, 2.45) is 0 Å². The lowest BCUT2D eigenvalue weighted by molar-refractivity contribution is -0.870. The average molecular weight is 519 g/mol. The van der Waals surface area contributed by atoms with Gasteiger partial charge in [0.05, 0.1) is 27.7 Å². The monoisotopic (exact) mass is 518 g/mol. The second-order valence-corrected chi connectivity index (χ2v) is 17.6. The summed E-state index contributed by atoms with van der Waals surface area (Å²) in [5.41, 5.74) is 0. The van der Waals surface area contributed by atoms with E-state index in [4.69, 9.17) is 9.53 Å². The molecule has 0 saturated heterocycles. The molecular weight excluding hydrogens is 454 g/mol. The molecule has 0 aliphatic heterocycles. The molecule has 35 heavy (non-hydrogen) atoms. The van der Waals surface area contributed by atoms with E-state index >= 15 is 0 Å². The Kier molecular flexibility index (Phi) is 21.6. The Bertz CT molecular complexity index is 498. The van der Waals surface area contributed by atoms with E-state index in [1.165, 1.54) is 77.0 Å². The zero-order valence-electron chi connectivity index (χ0n) is 25.3. The summed E-state index contributed by atoms with van der Waals surface area (Å²) < 4.78 is 6.96. The largest absolute Gasteiger partial charge is 0.479 e. The molecule has 1 atom stereocenters. The van der Waals surface area contributed by atoms with Crippen molar-refractivity contribution in [2.45, 2.75) is 148 Å². The number of likely N-dealkylation sites (N-methyl/N-ethyl adjacent to an activating group) is 1. The molecule has 5 nitrogen and oxygen atoms in total. The Balaban J connectivity index is 0. The maximum atomic E-state index is 11.6. The van der Waals surface area contributed by atoms with Crippen LogP contribution < -0.4 is 0 Å². The first-order valence-corrected chi connectivity index (χ1v) is 17.4. The van der Waals surface area contributed by atoms with Gasteiger partial charge in [0, 0.05) is 0 Å². The van der Waals surface area contributed by atoms with Gasteiger partial charge in [-0.1, -0.05) is 118 Å². The SMILES string of the molecule is CCCCCCCCCCCCCCCCC(O[Si](C)(C)C(C)(C)C)C(=O)O.C[N+](C)(C)CCO. The van der Waals surface area contributed by atoms with Gasteiger partial charge in [0.25, 0.3) is 0 Å². The summed E-state index contributed by atoms with van der Waals surface area (Å²) in [7, 11) is 4.14. The number of hydrogen-bond acceptors (Lipinski definition) is 3. The number of quaternary nitrogens is 1. The Morgan fingerprint density at radius 1 is 0.800 bits per heavy atom. The Hall–Kier alpha value is -0.433. The van der Waals surface area contributed by atoms with Crippen LogP contribution in [0.3, 0.4) is 0 Å². The summed E-state index contributed by atoms with van der Waals surface area (Å²) in [4.78, 5) is 11.6. The maximum Gasteiger partial charge on any atom is 0.331 e. The van der Waals surface area contributed by atoms with Crippen molar-refractivity contribution >= 4 is 14.3 Å². The van der Waals surface area contributed by atoms with E-state index in [9.17, 15) is 9.90 Å². The minimum absolute atomic E-state index is 0.0518. The fraction of sp³-hybridized carbons (Fsp3) is 0.966. The fourth-order valence-corrected chi connectivity index (χ4v) is 4.87. The van der Waals surface area contributed by atoms with Gasteiger partial charge >= 0.3 is 5.97 Å². The van der Waals surface area contributed by atoms with Gasteiger partial charge in [-0.25, -0.2) is 4.79 Å². The highest BCUT2D eigenvalue weighted by Crippen LogP contribution is 2.37. The van der Waals surface area contributed by atoms with Crippen LogP contribution in [0, 0.1) is 0 Å². The van der Waals surface area contributed by atoms with Gasteiger partial charge in [-0.05, 0) is 24.6 Å². The summed E-state index contributed by atoms with van der Waals surface area (Å²) in [6, 6.07) is 0. The molecule has 6 heteroatoms. The number of hydrogen-bond donors (Lipinski definition) is 2. The quantitative estimate of drug-likeness (QED) is 0.0972. The molecule has 0 aromatic carbocycles. The first kappa shape index (κ1) is 36.7. The standard InChI is InChI=1S/C24H50O3Si.C5H14NO/c1-7-8-9-10-11-12-13-14-15-16-17-18-19-20-21-22(23(25)26)27-28(5,6)24(2,3)4;1-6(2,3)4-5-7/h22H,7-21H2,1-6H3,(H,25,26);7H,4-5H2,1-3H3/q;+1. The van der Waals surface area contributed by atoms with Crippen LogP contribution in [0.15, 0.2) is 0 Å². The first-order valence-electron chi connectivity index (χ1n) is 14.5. The normalized spacial score (nSPS) is 13.3. The van der Waals surface area contributed by atoms with Gasteiger partial charge in [0.2, 0.25) is 0 Å². The lowest BCUT2D eigenvalue weighted by atomic mass is 10.0. The summed E-state index contributed by atoms with van der Waals surface area (Å²) in [6.45, 7) is 14.1. The van der Waals surface area contributed by atoms with Crippen LogP contribution in [-0.4, -0.2) is 69.4 Å². The van der Waals surface area contributed by atoms with Crippen molar-refractivity contribution in [2.75, 3.05) is 34.3 Å². The summed E-state index contributed by atoms with van der Waals surface area (Å²) in [5, 5.41) is 17.9. The van der Waals surface area contributed by atoms with Gasteiger partial charge in [0.1, 0.15) is 12.6 Å². The number of aliphatic hydroxyl groups excluding tert-OH is 1. The van der Waals surface area contributed by atoms with Gasteiger partial charge in [-0.2, -0.15) is 0 Å². The fourth-order valence-electron chi connectivity index (χ4n) is 3.59. The second kappa shape index (κ2) is 20.6. The van der Waals surface area contributed by atoms with Gasteiger partial charge in [0.15, 0.2) is 8.32 Å². The van der Waals surface area contributed by atoms with Crippen LogP contribution in [0.2, 0.25) is 18.1 Å². The summed E-state index contributed by atoms with van der Waals surface area (Å²) in [6.07, 6.45) is 18.5. The van der Waals surface area contributed by atoms with Gasteiger partial charge in [-0.3, -0.25) is 0 Å². The Labute approximate surface area is 220 Å². The molecule has 0 aromatic rings. The number of carbonyl (C=O) groups is 1. The molecule has 2 N–H and O–H groups in total. The predicted octanol–water partition coefficient (Wildman–Crippen LogP) is 8.02. The molecule has 212 valence electrons. The molecule has 0 fully saturated rings. The van der Waals surface area contributed by atoms with E-state index in [2.05, 4.69) is 61.9 Å². The molecule has 0 spiro atoms. The molecule has 0 heterocycles. The van der Waals surface area contributed by atoms with Crippen LogP contribution in [0.25, 0.3) is 0 Å². The van der Waals surface area contributed by atoms with Crippen LogP contribution >= 0.6 is 0 Å².